The van der Waals surface area contributed by atoms with Crippen LogP contribution in [0.15, 0.2) is 36.5 Å². The van der Waals surface area contributed by atoms with Crippen molar-refractivity contribution in [2.75, 3.05) is 16.8 Å². The number of carbonyl (C=O) groups excluding carboxylic acids is 2. The van der Waals surface area contributed by atoms with E-state index in [1.54, 1.807) is 29.3 Å². The fourth-order valence-corrected chi connectivity index (χ4v) is 4.73. The third-order valence-electron chi connectivity index (χ3n) is 6.15. The van der Waals surface area contributed by atoms with Gasteiger partial charge in [0.05, 0.1) is 11.8 Å². The summed E-state index contributed by atoms with van der Waals surface area (Å²) in [6.07, 6.45) is 4.87. The summed E-state index contributed by atoms with van der Waals surface area (Å²) in [4.78, 5) is 36.0. The summed E-state index contributed by atoms with van der Waals surface area (Å²) in [5.74, 6) is 1.46. The van der Waals surface area contributed by atoms with E-state index >= 15 is 0 Å². The number of aromatic nitrogens is 2. The quantitative estimate of drug-likeness (QED) is 0.774. The maximum atomic E-state index is 13.3. The summed E-state index contributed by atoms with van der Waals surface area (Å²) in [5.41, 5.74) is 0.535. The van der Waals surface area contributed by atoms with Crippen LogP contribution >= 0.6 is 11.6 Å². The summed E-state index contributed by atoms with van der Waals surface area (Å²) in [6, 6.07) is 8.90. The van der Waals surface area contributed by atoms with Crippen molar-refractivity contribution in [3.8, 4) is 0 Å². The zero-order chi connectivity index (χ0) is 20.6. The van der Waals surface area contributed by atoms with Gasteiger partial charge in [0.1, 0.15) is 5.82 Å². The number of amides is 2. The van der Waals surface area contributed by atoms with Crippen LogP contribution in [0.5, 0.6) is 0 Å². The van der Waals surface area contributed by atoms with E-state index in [2.05, 4.69) is 29.1 Å². The molecule has 1 aliphatic carbocycles. The van der Waals surface area contributed by atoms with Crippen LogP contribution < -0.4 is 10.2 Å². The zero-order valence-electron chi connectivity index (χ0n) is 16.7. The average molecular weight is 413 g/mol. The molecular formula is C22H25ClN4O2. The van der Waals surface area contributed by atoms with Gasteiger partial charge in [-0.25, -0.2) is 4.98 Å². The normalized spacial score (nSPS) is 21.7. The molecule has 0 unspecified atom stereocenters. The second-order valence-corrected chi connectivity index (χ2v) is 8.71. The Labute approximate surface area is 175 Å². The molecule has 4 rings (SSSR count). The highest BCUT2D eigenvalue weighted by atomic mass is 35.5. The fraction of sp³-hybridized carbons (Fsp3) is 0.455. The Kier molecular flexibility index (Phi) is 5.30. The molecule has 2 heterocycles. The highest BCUT2D eigenvalue weighted by Crippen LogP contribution is 2.56. The molecule has 2 amide bonds. The number of carbonyl (C=O) groups is 2. The molecule has 2 fully saturated rings. The number of hydrogen-bond donors (Lipinski definition) is 1. The smallest absolute Gasteiger partial charge is 0.234 e. The molecule has 29 heavy (non-hydrogen) atoms. The van der Waals surface area contributed by atoms with Gasteiger partial charge in [-0.3, -0.25) is 19.8 Å². The first-order valence-corrected chi connectivity index (χ1v) is 10.5. The number of nitrogens with one attached hydrogen (secondary N) is 1. The molecule has 1 saturated heterocycles. The number of hydrogen-bond acceptors (Lipinski definition) is 4. The fourth-order valence-electron chi connectivity index (χ4n) is 4.52. The highest BCUT2D eigenvalue weighted by Gasteiger charge is 2.57. The molecule has 2 aliphatic rings. The lowest BCUT2D eigenvalue weighted by Crippen LogP contribution is -2.40. The van der Waals surface area contributed by atoms with Gasteiger partial charge in [0.2, 0.25) is 17.8 Å². The van der Waals surface area contributed by atoms with Crippen LogP contribution in [0.1, 0.15) is 38.7 Å². The second-order valence-electron chi connectivity index (χ2n) is 8.27. The monoisotopic (exact) mass is 412 g/mol. The van der Waals surface area contributed by atoms with Gasteiger partial charge in [0, 0.05) is 17.8 Å². The van der Waals surface area contributed by atoms with E-state index in [0.29, 0.717) is 29.2 Å². The SMILES string of the molecule is CC(C)[C@@]1(C2CC2)CCN(c2ccnc(NC(=O)Cc3cccc(Cl)c3)n2)C1=O. The number of anilines is 2. The van der Waals surface area contributed by atoms with Crippen LogP contribution in [0.3, 0.4) is 0 Å². The van der Waals surface area contributed by atoms with E-state index in [9.17, 15) is 9.59 Å². The largest absolute Gasteiger partial charge is 0.296 e. The van der Waals surface area contributed by atoms with E-state index in [4.69, 9.17) is 11.6 Å². The maximum absolute atomic E-state index is 13.3. The second kappa shape index (κ2) is 7.75. The molecule has 152 valence electrons. The highest BCUT2D eigenvalue weighted by molar-refractivity contribution is 6.30. The summed E-state index contributed by atoms with van der Waals surface area (Å²) >= 11 is 5.97. The zero-order valence-corrected chi connectivity index (χ0v) is 17.4. The Bertz CT molecular complexity index is 940. The van der Waals surface area contributed by atoms with Crippen molar-refractivity contribution >= 4 is 35.2 Å². The van der Waals surface area contributed by atoms with E-state index in [0.717, 1.165) is 24.8 Å². The third kappa shape index (κ3) is 3.86. The van der Waals surface area contributed by atoms with E-state index in [-0.39, 0.29) is 29.6 Å². The van der Waals surface area contributed by atoms with Crippen LogP contribution in [0, 0.1) is 17.3 Å². The van der Waals surface area contributed by atoms with Gasteiger partial charge in [-0.05, 0) is 54.9 Å². The lowest BCUT2D eigenvalue weighted by atomic mass is 9.71. The van der Waals surface area contributed by atoms with Gasteiger partial charge in [0.15, 0.2) is 0 Å². The number of rotatable bonds is 6. The van der Waals surface area contributed by atoms with Gasteiger partial charge in [-0.2, -0.15) is 4.98 Å². The number of halogens is 1. The molecule has 2 aromatic rings. The summed E-state index contributed by atoms with van der Waals surface area (Å²) < 4.78 is 0. The first kappa shape index (κ1) is 19.8. The summed E-state index contributed by atoms with van der Waals surface area (Å²) in [7, 11) is 0. The van der Waals surface area contributed by atoms with Crippen LogP contribution in [-0.4, -0.2) is 28.3 Å². The Balaban J connectivity index is 1.48. The van der Waals surface area contributed by atoms with Crippen molar-refractivity contribution in [3.05, 3.63) is 47.1 Å². The molecule has 7 heteroatoms. The first-order valence-electron chi connectivity index (χ1n) is 10.1. The summed E-state index contributed by atoms with van der Waals surface area (Å²) in [6.45, 7) is 4.93. The first-order chi connectivity index (χ1) is 13.9. The van der Waals surface area contributed by atoms with Crippen molar-refractivity contribution in [1.29, 1.82) is 0 Å². The Hall–Kier alpha value is -2.47. The average Bonchev–Trinajstić information content (AvgIpc) is 3.45. The molecule has 1 atom stereocenters. The number of nitrogens with zero attached hydrogens (tertiary/aromatic N) is 3. The van der Waals surface area contributed by atoms with Crippen molar-refractivity contribution < 1.29 is 9.59 Å². The van der Waals surface area contributed by atoms with Crippen LogP contribution in [0.25, 0.3) is 0 Å². The Morgan fingerprint density at radius 2 is 2.14 bits per heavy atom. The number of benzene rings is 1. The minimum atomic E-state index is -0.277. The summed E-state index contributed by atoms with van der Waals surface area (Å²) in [5, 5.41) is 3.31. The molecule has 1 saturated carbocycles. The third-order valence-corrected chi connectivity index (χ3v) is 6.39. The molecular weight excluding hydrogens is 388 g/mol. The lowest BCUT2D eigenvalue weighted by Gasteiger charge is -2.31. The van der Waals surface area contributed by atoms with Gasteiger partial charge >= 0.3 is 0 Å². The van der Waals surface area contributed by atoms with Crippen molar-refractivity contribution in [2.24, 2.45) is 17.3 Å². The molecule has 1 aromatic carbocycles. The topological polar surface area (TPSA) is 75.2 Å². The Morgan fingerprint density at radius 1 is 1.34 bits per heavy atom. The van der Waals surface area contributed by atoms with Crippen molar-refractivity contribution in [2.45, 2.75) is 39.5 Å². The Morgan fingerprint density at radius 3 is 2.83 bits per heavy atom. The molecule has 1 aliphatic heterocycles. The van der Waals surface area contributed by atoms with Gasteiger partial charge in [-0.15, -0.1) is 0 Å². The van der Waals surface area contributed by atoms with Crippen molar-refractivity contribution in [3.63, 3.8) is 0 Å². The van der Waals surface area contributed by atoms with Gasteiger partial charge in [0.25, 0.3) is 0 Å². The van der Waals surface area contributed by atoms with Crippen LogP contribution in [0.4, 0.5) is 11.8 Å². The standard InChI is InChI=1S/C22H25ClN4O2/c1-14(2)22(16-6-7-16)9-11-27(20(22)29)18-8-10-24-21(25-18)26-19(28)13-15-4-3-5-17(23)12-15/h3-5,8,10,12,14,16H,6-7,9,11,13H2,1-2H3,(H,24,25,26,28)/t22-/m1/s1. The predicted octanol–water partition coefficient (Wildman–Crippen LogP) is 4.10. The molecule has 1 N–H and O–H groups in total. The maximum Gasteiger partial charge on any atom is 0.234 e. The van der Waals surface area contributed by atoms with E-state index in [1.165, 1.54) is 0 Å². The molecule has 0 radical (unpaired) electrons. The predicted molar refractivity (Wildman–Crippen MR) is 113 cm³/mol. The molecule has 0 spiro atoms. The lowest BCUT2D eigenvalue weighted by molar-refractivity contribution is -0.129. The minimum Gasteiger partial charge on any atom is -0.296 e. The van der Waals surface area contributed by atoms with Crippen LogP contribution in [-0.2, 0) is 16.0 Å². The van der Waals surface area contributed by atoms with Crippen molar-refractivity contribution in [1.82, 2.24) is 9.97 Å². The van der Waals surface area contributed by atoms with E-state index in [1.807, 2.05) is 12.1 Å². The molecule has 0 bridgehead atoms. The van der Waals surface area contributed by atoms with Gasteiger partial charge in [-0.1, -0.05) is 37.6 Å². The van der Waals surface area contributed by atoms with E-state index < -0.39 is 0 Å². The van der Waals surface area contributed by atoms with Gasteiger partial charge < -0.3 is 0 Å². The van der Waals surface area contributed by atoms with Crippen LogP contribution in [0.2, 0.25) is 5.02 Å². The molecule has 6 nitrogen and oxygen atoms in total. The minimum absolute atomic E-state index is 0.157. The molecule has 1 aromatic heterocycles.